The third-order valence-corrected chi connectivity index (χ3v) is 3.85. The van der Waals surface area contributed by atoms with Gasteiger partial charge in [-0.3, -0.25) is 0 Å². The first kappa shape index (κ1) is 10.3. The highest BCUT2D eigenvalue weighted by Crippen LogP contribution is 2.35. The Bertz CT molecular complexity index is 387. The van der Waals surface area contributed by atoms with Gasteiger partial charge < -0.3 is 20.9 Å². The minimum absolute atomic E-state index is 0.0341. The van der Waals surface area contributed by atoms with Crippen molar-refractivity contribution >= 4 is 0 Å². The lowest BCUT2D eigenvalue weighted by Gasteiger charge is -2.38. The molecule has 2 atom stereocenters. The van der Waals surface area contributed by atoms with Gasteiger partial charge in [0.05, 0.1) is 17.6 Å². The minimum Gasteiger partial charge on any atom is -0.348 e. The van der Waals surface area contributed by atoms with Crippen LogP contribution < -0.4 is 11.1 Å². The van der Waals surface area contributed by atoms with Crippen LogP contribution in [0.3, 0.4) is 0 Å². The van der Waals surface area contributed by atoms with E-state index in [9.17, 15) is 0 Å². The second-order valence-corrected chi connectivity index (χ2v) is 5.08. The molecule has 2 unspecified atom stereocenters. The Labute approximate surface area is 95.4 Å². The second-order valence-electron chi connectivity index (χ2n) is 5.08. The molecule has 2 aliphatic rings. The molecule has 5 heteroatoms. The molecule has 0 amide bonds. The number of nitrogens with two attached hydrogens (primary N) is 1. The maximum Gasteiger partial charge on any atom is 0.0926 e. The van der Waals surface area contributed by atoms with E-state index in [4.69, 9.17) is 5.73 Å². The zero-order valence-electron chi connectivity index (χ0n) is 9.66. The van der Waals surface area contributed by atoms with E-state index >= 15 is 0 Å². The van der Waals surface area contributed by atoms with E-state index in [1.54, 1.807) is 0 Å². The van der Waals surface area contributed by atoms with Gasteiger partial charge in [0.1, 0.15) is 0 Å². The summed E-state index contributed by atoms with van der Waals surface area (Å²) in [5.41, 5.74) is 8.32. The van der Waals surface area contributed by atoms with E-state index in [2.05, 4.69) is 27.2 Å². The Morgan fingerprint density at radius 3 is 3.25 bits per heavy atom. The van der Waals surface area contributed by atoms with Crippen molar-refractivity contribution in [2.45, 2.75) is 24.4 Å². The van der Waals surface area contributed by atoms with Gasteiger partial charge in [-0.1, -0.05) is 0 Å². The summed E-state index contributed by atoms with van der Waals surface area (Å²) in [6.07, 6.45) is 3.90. The zero-order valence-corrected chi connectivity index (χ0v) is 9.66. The summed E-state index contributed by atoms with van der Waals surface area (Å²) >= 11 is 0. The molecule has 3 heterocycles. The highest BCUT2D eigenvalue weighted by molar-refractivity contribution is 5.28. The first-order chi connectivity index (χ1) is 7.73. The minimum atomic E-state index is 0.0341. The summed E-state index contributed by atoms with van der Waals surface area (Å²) in [5, 5.41) is 3.70. The van der Waals surface area contributed by atoms with E-state index < -0.39 is 0 Å². The van der Waals surface area contributed by atoms with Crippen molar-refractivity contribution < 1.29 is 0 Å². The van der Waals surface area contributed by atoms with E-state index in [1.165, 1.54) is 11.4 Å². The number of aromatic nitrogens is 2. The molecule has 0 bridgehead atoms. The molecule has 1 spiro atoms. The lowest BCUT2D eigenvalue weighted by atomic mass is 9.85. The van der Waals surface area contributed by atoms with E-state index in [-0.39, 0.29) is 5.54 Å². The summed E-state index contributed by atoms with van der Waals surface area (Å²) in [5.74, 6) is 0. The Morgan fingerprint density at radius 2 is 2.56 bits per heavy atom. The van der Waals surface area contributed by atoms with Gasteiger partial charge in [-0.05, 0) is 13.5 Å². The smallest absolute Gasteiger partial charge is 0.0926 e. The molecule has 3 rings (SSSR count). The average Bonchev–Trinajstić information content (AvgIpc) is 2.86. The molecule has 0 aliphatic carbocycles. The number of hydrogen-bond donors (Lipinski definition) is 3. The van der Waals surface area contributed by atoms with E-state index in [1.807, 2.05) is 6.33 Å². The molecule has 16 heavy (non-hydrogen) atoms. The highest BCUT2D eigenvalue weighted by Gasteiger charge is 2.45. The second kappa shape index (κ2) is 3.55. The number of rotatable bonds is 1. The molecule has 2 aliphatic heterocycles. The fourth-order valence-corrected chi connectivity index (χ4v) is 3.10. The largest absolute Gasteiger partial charge is 0.348 e. The molecule has 1 aromatic heterocycles. The molecule has 1 saturated heterocycles. The third kappa shape index (κ3) is 1.39. The van der Waals surface area contributed by atoms with Gasteiger partial charge >= 0.3 is 0 Å². The Morgan fingerprint density at radius 1 is 1.69 bits per heavy atom. The number of likely N-dealkylation sites (N-methyl/N-ethyl adjacent to an activating group) is 1. The van der Waals surface area contributed by atoms with Crippen LogP contribution in [0.4, 0.5) is 0 Å². The van der Waals surface area contributed by atoms with Crippen molar-refractivity contribution in [2.24, 2.45) is 5.73 Å². The summed E-state index contributed by atoms with van der Waals surface area (Å²) in [7, 11) is 2.16. The van der Waals surface area contributed by atoms with Crippen molar-refractivity contribution in [3.63, 3.8) is 0 Å². The van der Waals surface area contributed by atoms with Gasteiger partial charge in [-0.15, -0.1) is 0 Å². The van der Waals surface area contributed by atoms with Crippen LogP contribution in [-0.2, 0) is 12.0 Å². The van der Waals surface area contributed by atoms with E-state index in [0.29, 0.717) is 12.6 Å². The van der Waals surface area contributed by atoms with Gasteiger partial charge in [0, 0.05) is 37.8 Å². The Balaban J connectivity index is 2.00. The fraction of sp³-hybridized carbons (Fsp3) is 0.727. The van der Waals surface area contributed by atoms with Crippen molar-refractivity contribution in [2.75, 3.05) is 26.7 Å². The molecular formula is C11H19N5. The lowest BCUT2D eigenvalue weighted by molar-refractivity contribution is 0.257. The maximum absolute atomic E-state index is 5.80. The van der Waals surface area contributed by atoms with Crippen LogP contribution in [0.2, 0.25) is 0 Å². The van der Waals surface area contributed by atoms with Crippen LogP contribution in [-0.4, -0.2) is 47.6 Å². The Hall–Kier alpha value is -0.910. The number of nitrogens with one attached hydrogen (secondary N) is 2. The van der Waals surface area contributed by atoms with Gasteiger partial charge in [0.25, 0.3) is 0 Å². The summed E-state index contributed by atoms with van der Waals surface area (Å²) in [6, 6.07) is 0.374. The number of H-pyrrole nitrogens is 1. The van der Waals surface area contributed by atoms with Gasteiger partial charge in [-0.25, -0.2) is 4.98 Å². The number of fused-ring (bicyclic) bond motifs is 2. The lowest BCUT2D eigenvalue weighted by Crippen LogP contribution is -2.56. The SMILES string of the molecule is CN1CCC2(C1)NC(CN)Cc1[nH]cnc12. The first-order valence-corrected chi connectivity index (χ1v) is 5.92. The molecule has 5 nitrogen and oxygen atoms in total. The highest BCUT2D eigenvalue weighted by atomic mass is 15.2. The number of imidazole rings is 1. The molecule has 0 saturated carbocycles. The fourth-order valence-electron chi connectivity index (χ4n) is 3.10. The molecule has 88 valence electrons. The predicted molar refractivity (Wildman–Crippen MR) is 62.1 cm³/mol. The van der Waals surface area contributed by atoms with Crippen LogP contribution in [0.5, 0.6) is 0 Å². The summed E-state index contributed by atoms with van der Waals surface area (Å²) in [4.78, 5) is 10.1. The number of likely N-dealkylation sites (tertiary alicyclic amines) is 1. The van der Waals surface area contributed by atoms with Crippen molar-refractivity contribution in [3.05, 3.63) is 17.7 Å². The van der Waals surface area contributed by atoms with Gasteiger partial charge in [0.15, 0.2) is 0 Å². The molecule has 4 N–H and O–H groups in total. The predicted octanol–water partition coefficient (Wildman–Crippen LogP) is -0.586. The topological polar surface area (TPSA) is 70.0 Å². The van der Waals surface area contributed by atoms with Crippen LogP contribution in [0.25, 0.3) is 0 Å². The maximum atomic E-state index is 5.80. The van der Waals surface area contributed by atoms with Crippen LogP contribution in [0.1, 0.15) is 17.8 Å². The Kier molecular flexibility index (Phi) is 2.27. The first-order valence-electron chi connectivity index (χ1n) is 5.92. The summed E-state index contributed by atoms with van der Waals surface area (Å²) < 4.78 is 0. The van der Waals surface area contributed by atoms with Crippen LogP contribution in [0.15, 0.2) is 6.33 Å². The van der Waals surface area contributed by atoms with Gasteiger partial charge in [0.2, 0.25) is 0 Å². The zero-order chi connectivity index (χ0) is 11.2. The average molecular weight is 221 g/mol. The van der Waals surface area contributed by atoms with Crippen molar-refractivity contribution in [1.29, 1.82) is 0 Å². The number of nitrogens with zero attached hydrogens (tertiary/aromatic N) is 2. The molecule has 1 aromatic rings. The number of aromatic amines is 1. The molecular weight excluding hydrogens is 202 g/mol. The van der Waals surface area contributed by atoms with Crippen LogP contribution >= 0.6 is 0 Å². The van der Waals surface area contributed by atoms with E-state index in [0.717, 1.165) is 25.9 Å². The molecule has 0 radical (unpaired) electrons. The van der Waals surface area contributed by atoms with Crippen molar-refractivity contribution in [3.8, 4) is 0 Å². The van der Waals surface area contributed by atoms with Gasteiger partial charge in [-0.2, -0.15) is 0 Å². The van der Waals surface area contributed by atoms with Crippen LogP contribution in [0, 0.1) is 0 Å². The monoisotopic (exact) mass is 221 g/mol. The van der Waals surface area contributed by atoms with Crippen molar-refractivity contribution in [1.82, 2.24) is 20.2 Å². The third-order valence-electron chi connectivity index (χ3n) is 3.85. The quantitative estimate of drug-likeness (QED) is 0.593. The molecule has 1 fully saturated rings. The normalized spacial score (nSPS) is 34.5. The number of hydrogen-bond acceptors (Lipinski definition) is 4. The molecule has 0 aromatic carbocycles. The summed E-state index contributed by atoms with van der Waals surface area (Å²) in [6.45, 7) is 2.84. The standard InChI is InChI=1S/C11H19N5/c1-16-3-2-11(6-16)10-9(13-7-14-10)4-8(5-12)15-11/h7-8,15H,2-6,12H2,1H3,(H,13,14).